The molecule has 0 saturated carbocycles. The average molecular weight is 275 g/mol. The summed E-state index contributed by atoms with van der Waals surface area (Å²) in [6, 6.07) is 0. The average Bonchev–Trinajstić information content (AvgIpc) is 2.70. The van der Waals surface area contributed by atoms with Gasteiger partial charge in [0.15, 0.2) is 5.02 Å². The third kappa shape index (κ3) is 2.98. The Balaban J connectivity index is 2.00. The fraction of sp³-hybridized carbons (Fsp3) is 0.700. The van der Waals surface area contributed by atoms with Crippen molar-refractivity contribution < 1.29 is 9.66 Å². The van der Waals surface area contributed by atoms with Gasteiger partial charge in [0.1, 0.15) is 0 Å². The lowest BCUT2D eigenvalue weighted by atomic mass is 10.2. The van der Waals surface area contributed by atoms with E-state index in [4.69, 9.17) is 16.3 Å². The number of nitrogens with zero attached hydrogens (tertiary/aromatic N) is 4. The van der Waals surface area contributed by atoms with Crippen LogP contribution in [0.4, 0.5) is 5.82 Å². The molecule has 1 fully saturated rings. The minimum absolute atomic E-state index is 0.00530. The zero-order chi connectivity index (χ0) is 13.1. The number of ether oxygens (including phenoxy) is 1. The summed E-state index contributed by atoms with van der Waals surface area (Å²) in [5, 5.41) is 14.5. The number of hydrogen-bond acceptors (Lipinski definition) is 5. The lowest BCUT2D eigenvalue weighted by molar-refractivity contribution is -0.389. The molecule has 1 saturated heterocycles. The highest BCUT2D eigenvalue weighted by molar-refractivity contribution is 6.32. The van der Waals surface area contributed by atoms with E-state index in [-0.39, 0.29) is 16.9 Å². The summed E-state index contributed by atoms with van der Waals surface area (Å²) >= 11 is 5.74. The Morgan fingerprint density at radius 2 is 2.50 bits per heavy atom. The molecule has 0 bridgehead atoms. The molecule has 1 atom stereocenters. The molecule has 1 aliphatic heterocycles. The molecule has 1 aromatic rings. The molecule has 2 heterocycles. The van der Waals surface area contributed by atoms with Gasteiger partial charge in [0.25, 0.3) is 0 Å². The fourth-order valence-corrected chi connectivity index (χ4v) is 2.21. The second kappa shape index (κ2) is 5.64. The van der Waals surface area contributed by atoms with Crippen LogP contribution in [0.2, 0.25) is 5.02 Å². The van der Waals surface area contributed by atoms with Crippen molar-refractivity contribution in [1.29, 1.82) is 0 Å². The van der Waals surface area contributed by atoms with Crippen molar-refractivity contribution >= 4 is 17.4 Å². The molecule has 8 heteroatoms. The summed E-state index contributed by atoms with van der Waals surface area (Å²) in [6.45, 7) is 5.95. The maximum absolute atomic E-state index is 10.6. The van der Waals surface area contributed by atoms with Crippen molar-refractivity contribution in [3.8, 4) is 0 Å². The minimum Gasteiger partial charge on any atom is -0.374 e. The number of rotatable bonds is 4. The van der Waals surface area contributed by atoms with E-state index in [1.165, 1.54) is 10.9 Å². The molecule has 0 amide bonds. The Morgan fingerprint density at radius 3 is 3.11 bits per heavy atom. The first-order chi connectivity index (χ1) is 8.60. The highest BCUT2D eigenvalue weighted by Gasteiger charge is 2.24. The van der Waals surface area contributed by atoms with E-state index in [0.29, 0.717) is 13.2 Å². The molecule has 1 aromatic heterocycles. The third-order valence-corrected chi connectivity index (χ3v) is 3.20. The fourth-order valence-electron chi connectivity index (χ4n) is 1.99. The van der Waals surface area contributed by atoms with E-state index in [1.54, 1.807) is 0 Å². The minimum atomic E-state index is -0.584. The summed E-state index contributed by atoms with van der Waals surface area (Å²) in [5.74, 6) is -0.306. The van der Waals surface area contributed by atoms with Crippen molar-refractivity contribution in [2.45, 2.75) is 19.6 Å². The molecule has 2 rings (SSSR count). The number of morpholine rings is 1. The van der Waals surface area contributed by atoms with Gasteiger partial charge in [0.05, 0.1) is 30.6 Å². The molecule has 0 N–H and O–H groups in total. The van der Waals surface area contributed by atoms with Crippen molar-refractivity contribution in [3.05, 3.63) is 21.3 Å². The van der Waals surface area contributed by atoms with Crippen LogP contribution in [0.3, 0.4) is 0 Å². The van der Waals surface area contributed by atoms with E-state index in [1.807, 2.05) is 0 Å². The van der Waals surface area contributed by atoms with Crippen LogP contribution in [0.5, 0.6) is 0 Å². The zero-order valence-electron chi connectivity index (χ0n) is 10.1. The molecule has 0 aromatic carbocycles. The van der Waals surface area contributed by atoms with Gasteiger partial charge in [-0.05, 0) is 11.5 Å². The molecule has 7 nitrogen and oxygen atoms in total. The van der Waals surface area contributed by atoms with E-state index in [2.05, 4.69) is 16.9 Å². The molecule has 0 aliphatic carbocycles. The lowest BCUT2D eigenvalue weighted by Gasteiger charge is -2.31. The maximum Gasteiger partial charge on any atom is 0.408 e. The predicted octanol–water partition coefficient (Wildman–Crippen LogP) is 1.17. The number of aromatic nitrogens is 2. The molecule has 1 unspecified atom stereocenters. The lowest BCUT2D eigenvalue weighted by Crippen LogP contribution is -2.44. The van der Waals surface area contributed by atoms with Gasteiger partial charge in [0, 0.05) is 13.1 Å². The van der Waals surface area contributed by atoms with Crippen molar-refractivity contribution in [2.24, 2.45) is 0 Å². The van der Waals surface area contributed by atoms with E-state index in [9.17, 15) is 10.1 Å². The van der Waals surface area contributed by atoms with Crippen LogP contribution in [-0.4, -0.2) is 51.9 Å². The highest BCUT2D eigenvalue weighted by Crippen LogP contribution is 2.21. The van der Waals surface area contributed by atoms with E-state index < -0.39 is 4.92 Å². The van der Waals surface area contributed by atoms with Crippen LogP contribution in [0.25, 0.3) is 0 Å². The van der Waals surface area contributed by atoms with Gasteiger partial charge in [-0.25, -0.2) is 0 Å². The maximum atomic E-state index is 10.6. The van der Waals surface area contributed by atoms with Gasteiger partial charge in [-0.15, -0.1) is 0 Å². The normalized spacial score (nSPS) is 21.1. The first-order valence-electron chi connectivity index (χ1n) is 5.81. The van der Waals surface area contributed by atoms with E-state index in [0.717, 1.165) is 19.6 Å². The monoisotopic (exact) mass is 274 g/mol. The first-order valence-corrected chi connectivity index (χ1v) is 6.19. The summed E-state index contributed by atoms with van der Waals surface area (Å²) in [4.78, 5) is 12.3. The number of halogens is 1. The Kier molecular flexibility index (Phi) is 4.15. The zero-order valence-corrected chi connectivity index (χ0v) is 10.8. The molecule has 100 valence electrons. The molecule has 0 spiro atoms. The first kappa shape index (κ1) is 13.3. The second-order valence-electron chi connectivity index (χ2n) is 4.17. The summed E-state index contributed by atoms with van der Waals surface area (Å²) < 4.78 is 7.08. The topological polar surface area (TPSA) is 73.4 Å². The third-order valence-electron chi connectivity index (χ3n) is 2.93. The second-order valence-corrected chi connectivity index (χ2v) is 4.57. The molecule has 0 radical (unpaired) electrons. The van der Waals surface area contributed by atoms with Crippen molar-refractivity contribution in [3.63, 3.8) is 0 Å². The van der Waals surface area contributed by atoms with Crippen LogP contribution >= 0.6 is 11.6 Å². The molecular formula is C10H15ClN4O3. The molecular weight excluding hydrogens is 260 g/mol. The largest absolute Gasteiger partial charge is 0.408 e. The summed E-state index contributed by atoms with van der Waals surface area (Å²) in [6.07, 6.45) is 1.46. The summed E-state index contributed by atoms with van der Waals surface area (Å²) in [5.41, 5.74) is 0. The van der Waals surface area contributed by atoms with Gasteiger partial charge in [-0.2, -0.15) is 4.68 Å². The molecule has 18 heavy (non-hydrogen) atoms. The number of hydrogen-bond donors (Lipinski definition) is 0. The quantitative estimate of drug-likeness (QED) is 0.609. The molecule has 1 aliphatic rings. The van der Waals surface area contributed by atoms with Gasteiger partial charge < -0.3 is 14.9 Å². The SMILES string of the molecule is CCN1CCOC(Cn2cc(Cl)c([N+](=O)[O-])n2)C1. The van der Waals surface area contributed by atoms with Crippen LogP contribution in [-0.2, 0) is 11.3 Å². The van der Waals surface area contributed by atoms with Gasteiger partial charge in [-0.3, -0.25) is 4.90 Å². The smallest absolute Gasteiger partial charge is 0.374 e. The number of nitro groups is 1. The Morgan fingerprint density at radius 1 is 1.72 bits per heavy atom. The van der Waals surface area contributed by atoms with Crippen molar-refractivity contribution in [2.75, 3.05) is 26.2 Å². The highest BCUT2D eigenvalue weighted by atomic mass is 35.5. The Labute approximate surface area is 109 Å². The van der Waals surface area contributed by atoms with Crippen LogP contribution in [0, 0.1) is 10.1 Å². The Hall–Kier alpha value is -1.18. The standard InChI is InChI=1S/C10H15ClN4O3/c1-2-13-3-4-18-8(5-13)6-14-7-9(11)10(12-14)15(16)17/h7-8H,2-6H2,1H3. The van der Waals surface area contributed by atoms with Crippen LogP contribution < -0.4 is 0 Å². The van der Waals surface area contributed by atoms with Gasteiger partial charge in [0.2, 0.25) is 0 Å². The van der Waals surface area contributed by atoms with Crippen LogP contribution in [0.15, 0.2) is 6.20 Å². The van der Waals surface area contributed by atoms with E-state index >= 15 is 0 Å². The van der Waals surface area contributed by atoms with Gasteiger partial charge in [-0.1, -0.05) is 18.5 Å². The number of likely N-dealkylation sites (N-methyl/N-ethyl adjacent to an activating group) is 1. The van der Waals surface area contributed by atoms with Gasteiger partial charge >= 0.3 is 5.82 Å². The Bertz CT molecular complexity index is 437. The summed E-state index contributed by atoms with van der Waals surface area (Å²) in [7, 11) is 0. The predicted molar refractivity (Wildman–Crippen MR) is 65.7 cm³/mol. The van der Waals surface area contributed by atoms with Crippen LogP contribution in [0.1, 0.15) is 6.92 Å². The van der Waals surface area contributed by atoms with Crippen molar-refractivity contribution in [1.82, 2.24) is 14.7 Å².